The Morgan fingerprint density at radius 3 is 2.79 bits per heavy atom. The number of carbonyl (C=O) groups excluding carboxylic acids is 1. The van der Waals surface area contributed by atoms with Crippen LogP contribution in [0, 0.1) is 0 Å². The number of esters is 1. The first kappa shape index (κ1) is 17.4. The molecule has 0 saturated carbocycles. The summed E-state index contributed by atoms with van der Waals surface area (Å²) >= 11 is 3.38. The number of ether oxygens (including phenoxy) is 1. The fourth-order valence-electron chi connectivity index (χ4n) is 4.09. The Morgan fingerprint density at radius 2 is 2.04 bits per heavy atom. The predicted octanol–water partition coefficient (Wildman–Crippen LogP) is 2.14. The third-order valence-corrected chi connectivity index (χ3v) is 6.17. The molecule has 0 saturated heterocycles. The van der Waals surface area contributed by atoms with Crippen molar-refractivity contribution in [3.05, 3.63) is 66.0 Å². The highest BCUT2D eigenvalue weighted by Gasteiger charge is 2.45. The summed E-state index contributed by atoms with van der Waals surface area (Å²) in [5.74, 6) is -0.762. The summed E-state index contributed by atoms with van der Waals surface area (Å²) in [4.78, 5) is 41.5. The molecule has 142 valence electrons. The number of carbonyl (C=O) groups is 1. The maximum atomic E-state index is 13.1. The lowest BCUT2D eigenvalue weighted by molar-refractivity contribution is -0.172. The van der Waals surface area contributed by atoms with Gasteiger partial charge in [0.05, 0.1) is 23.5 Å². The van der Waals surface area contributed by atoms with E-state index >= 15 is 0 Å². The molecule has 0 spiro atoms. The average molecular weight is 443 g/mol. The number of fused-ring (bicyclic) bond motifs is 5. The van der Waals surface area contributed by atoms with Crippen LogP contribution in [-0.4, -0.2) is 20.6 Å². The van der Waals surface area contributed by atoms with Gasteiger partial charge in [0.2, 0.25) is 0 Å². The zero-order valence-electron chi connectivity index (χ0n) is 14.8. The van der Waals surface area contributed by atoms with Crippen LogP contribution in [0.25, 0.3) is 22.3 Å². The molecule has 2 N–H and O–H groups in total. The van der Waals surface area contributed by atoms with Gasteiger partial charge in [-0.25, -0.2) is 4.79 Å². The number of hydrogen-bond donors (Lipinski definition) is 2. The van der Waals surface area contributed by atoms with Gasteiger partial charge in [-0.15, -0.1) is 0 Å². The Morgan fingerprint density at radius 1 is 1.25 bits per heavy atom. The van der Waals surface area contributed by atoms with Gasteiger partial charge in [-0.3, -0.25) is 9.59 Å². The normalized spacial score (nSPS) is 19.9. The second-order valence-corrected chi connectivity index (χ2v) is 8.02. The van der Waals surface area contributed by atoms with Crippen LogP contribution in [0.4, 0.5) is 0 Å². The number of pyridine rings is 2. The highest BCUT2D eigenvalue weighted by Crippen LogP contribution is 2.37. The van der Waals surface area contributed by atoms with E-state index in [4.69, 9.17) is 4.74 Å². The zero-order chi connectivity index (χ0) is 19.8. The topological polar surface area (TPSA) is 101 Å². The van der Waals surface area contributed by atoms with Crippen molar-refractivity contribution in [1.82, 2.24) is 9.55 Å². The number of aromatic nitrogens is 2. The first-order chi connectivity index (χ1) is 13.3. The fourth-order valence-corrected chi connectivity index (χ4v) is 4.45. The van der Waals surface area contributed by atoms with Gasteiger partial charge in [0.25, 0.3) is 5.56 Å². The Labute approximate surface area is 166 Å². The van der Waals surface area contributed by atoms with Gasteiger partial charge in [-0.05, 0) is 30.7 Å². The number of nitrogens with zero attached hydrogens (tertiary/aromatic N) is 1. The number of hydrogen-bond acceptors (Lipinski definition) is 5. The fraction of sp³-hybridized carbons (Fsp3) is 0.250. The van der Waals surface area contributed by atoms with Crippen molar-refractivity contribution in [3.8, 4) is 11.4 Å². The molecule has 0 unspecified atom stereocenters. The van der Waals surface area contributed by atoms with Gasteiger partial charge in [0.15, 0.2) is 11.0 Å². The monoisotopic (exact) mass is 442 g/mol. The largest absolute Gasteiger partial charge is 0.458 e. The third-order valence-electron chi connectivity index (χ3n) is 5.68. The van der Waals surface area contributed by atoms with E-state index in [1.54, 1.807) is 25.1 Å². The molecule has 28 heavy (non-hydrogen) atoms. The van der Waals surface area contributed by atoms with E-state index in [1.807, 2.05) is 6.07 Å². The highest BCUT2D eigenvalue weighted by molar-refractivity contribution is 9.10. The molecule has 2 aliphatic rings. The highest BCUT2D eigenvalue weighted by atomic mass is 79.9. The minimum atomic E-state index is -1.87. The van der Waals surface area contributed by atoms with Crippen molar-refractivity contribution in [2.24, 2.45) is 0 Å². The van der Waals surface area contributed by atoms with E-state index < -0.39 is 11.6 Å². The maximum Gasteiger partial charge on any atom is 0.343 e. The third kappa shape index (κ3) is 2.10. The first-order valence-electron chi connectivity index (χ1n) is 8.86. The number of benzene rings is 1. The molecule has 0 amide bonds. The summed E-state index contributed by atoms with van der Waals surface area (Å²) in [7, 11) is 0. The average Bonchev–Trinajstić information content (AvgIpc) is 3.05. The van der Waals surface area contributed by atoms with Gasteiger partial charge in [-0.1, -0.05) is 22.9 Å². The Bertz CT molecular complexity index is 1320. The second-order valence-electron chi connectivity index (χ2n) is 7.10. The van der Waals surface area contributed by atoms with Gasteiger partial charge < -0.3 is 19.4 Å². The van der Waals surface area contributed by atoms with Crippen molar-refractivity contribution in [2.45, 2.75) is 32.1 Å². The number of nitrogens with one attached hydrogen (secondary N) is 1. The van der Waals surface area contributed by atoms with Crippen LogP contribution in [0.1, 0.15) is 30.0 Å². The molecule has 3 aromatic rings. The molecule has 0 fully saturated rings. The molecule has 4 heterocycles. The molecule has 2 aromatic heterocycles. The van der Waals surface area contributed by atoms with E-state index in [0.29, 0.717) is 27.9 Å². The van der Waals surface area contributed by atoms with Crippen molar-refractivity contribution < 1.29 is 14.6 Å². The van der Waals surface area contributed by atoms with E-state index in [0.717, 1.165) is 4.47 Å². The quantitative estimate of drug-likeness (QED) is 0.439. The second kappa shape index (κ2) is 5.65. The van der Waals surface area contributed by atoms with Crippen LogP contribution in [-0.2, 0) is 28.3 Å². The minimum absolute atomic E-state index is 0.0802. The Kier molecular flexibility index (Phi) is 3.51. The molecule has 2 aliphatic heterocycles. The SMILES string of the molecule is CC[C@@]1(O)C(=O)OCc2c1cc1n(c2=O)Cc2c-1[nH]c1ccc(Br)cc1c2=O. The van der Waals surface area contributed by atoms with Crippen LogP contribution in [0.5, 0.6) is 0 Å². The lowest BCUT2D eigenvalue weighted by Gasteiger charge is -2.31. The molecular formula is C20H15BrN2O5. The number of aromatic amines is 1. The van der Waals surface area contributed by atoms with Crippen molar-refractivity contribution in [3.63, 3.8) is 0 Å². The standard InChI is InChI=1S/C20H15BrN2O5/c1-2-20(27)13-6-15-16-11(7-23(15)18(25)12(13)8-28-19(20)26)17(24)10-5-9(21)3-4-14(10)22-16/h3-6,27H,2,7-8H2,1H3,(H,22,24)/t20-/m0/s1. The molecule has 0 radical (unpaired) electrons. The Hall–Kier alpha value is -2.71. The molecule has 7 nitrogen and oxygen atoms in total. The van der Waals surface area contributed by atoms with E-state index in [2.05, 4.69) is 20.9 Å². The zero-order valence-corrected chi connectivity index (χ0v) is 16.4. The molecule has 0 aliphatic carbocycles. The number of cyclic esters (lactones) is 1. The van der Waals surface area contributed by atoms with E-state index in [1.165, 1.54) is 4.57 Å². The molecule has 5 rings (SSSR count). The minimum Gasteiger partial charge on any atom is -0.458 e. The molecule has 1 atom stereocenters. The first-order valence-corrected chi connectivity index (χ1v) is 9.66. The predicted molar refractivity (Wildman–Crippen MR) is 105 cm³/mol. The Balaban J connectivity index is 1.84. The summed E-state index contributed by atoms with van der Waals surface area (Å²) in [5, 5.41) is 11.4. The van der Waals surface area contributed by atoms with Gasteiger partial charge >= 0.3 is 5.97 Å². The van der Waals surface area contributed by atoms with Crippen LogP contribution in [0.15, 0.2) is 38.3 Å². The van der Waals surface area contributed by atoms with Crippen molar-refractivity contribution in [2.75, 3.05) is 0 Å². The lowest BCUT2D eigenvalue weighted by Crippen LogP contribution is -2.44. The summed E-state index contributed by atoms with van der Waals surface area (Å²) in [6.45, 7) is 1.60. The van der Waals surface area contributed by atoms with Gasteiger partial charge in [-0.2, -0.15) is 0 Å². The van der Waals surface area contributed by atoms with Crippen LogP contribution >= 0.6 is 15.9 Å². The molecule has 8 heteroatoms. The maximum absolute atomic E-state index is 13.1. The van der Waals surface area contributed by atoms with Crippen molar-refractivity contribution in [1.29, 1.82) is 0 Å². The number of rotatable bonds is 1. The van der Waals surface area contributed by atoms with Crippen LogP contribution < -0.4 is 11.0 Å². The van der Waals surface area contributed by atoms with Crippen LogP contribution in [0.2, 0.25) is 0 Å². The summed E-state index contributed by atoms with van der Waals surface area (Å²) in [5.41, 5.74) is 0.290. The molecule has 1 aromatic carbocycles. The smallest absolute Gasteiger partial charge is 0.343 e. The summed E-state index contributed by atoms with van der Waals surface area (Å²) < 4.78 is 7.33. The lowest BCUT2D eigenvalue weighted by atomic mass is 9.86. The summed E-state index contributed by atoms with van der Waals surface area (Å²) in [6.07, 6.45) is 0.0802. The van der Waals surface area contributed by atoms with Crippen molar-refractivity contribution >= 4 is 32.8 Å². The van der Waals surface area contributed by atoms with Gasteiger partial charge in [0, 0.05) is 26.5 Å². The molecular weight excluding hydrogens is 428 g/mol. The molecule has 0 bridgehead atoms. The number of aliphatic hydroxyl groups is 1. The number of H-pyrrole nitrogens is 1. The van der Waals surface area contributed by atoms with Crippen LogP contribution in [0.3, 0.4) is 0 Å². The van der Waals surface area contributed by atoms with E-state index in [-0.39, 0.29) is 41.7 Å². The summed E-state index contributed by atoms with van der Waals surface area (Å²) in [6, 6.07) is 6.99. The van der Waals surface area contributed by atoms with Gasteiger partial charge in [0.1, 0.15) is 6.61 Å². The number of halogens is 1. The van der Waals surface area contributed by atoms with E-state index in [9.17, 15) is 19.5 Å².